The quantitative estimate of drug-likeness (QED) is 0.672. The molecule has 0 atom stereocenters. The molecule has 2 N–H and O–H groups in total. The lowest BCUT2D eigenvalue weighted by Gasteiger charge is -2.25. The maximum atomic E-state index is 12.2. The molecule has 0 aromatic heterocycles. The van der Waals surface area contributed by atoms with Crippen molar-refractivity contribution in [1.82, 2.24) is 10.2 Å². The first-order chi connectivity index (χ1) is 8.63. The number of aliphatic hydroxyl groups is 1. The third-order valence-corrected chi connectivity index (χ3v) is 2.81. The van der Waals surface area contributed by atoms with Gasteiger partial charge in [0.05, 0.1) is 19.3 Å². The average Bonchev–Trinajstić information content (AvgIpc) is 2.36. The zero-order valence-electron chi connectivity index (χ0n) is 10.3. The summed E-state index contributed by atoms with van der Waals surface area (Å²) in [6.45, 7) is 0.420. The standard InChI is InChI=1S/C11H20F2N2O3/c12-10(13)7-15(5-6-16)11(17)8-18-9-1-3-14-4-2-9/h9-10,14,16H,1-8H2. The second-order valence-electron chi connectivity index (χ2n) is 4.21. The monoisotopic (exact) mass is 266 g/mol. The van der Waals surface area contributed by atoms with E-state index < -0.39 is 18.9 Å². The molecular formula is C11H20F2N2O3. The van der Waals surface area contributed by atoms with Crippen LogP contribution >= 0.6 is 0 Å². The maximum absolute atomic E-state index is 12.2. The van der Waals surface area contributed by atoms with E-state index in [4.69, 9.17) is 9.84 Å². The first-order valence-electron chi connectivity index (χ1n) is 6.12. The minimum atomic E-state index is -2.60. The average molecular weight is 266 g/mol. The van der Waals surface area contributed by atoms with Gasteiger partial charge in [-0.1, -0.05) is 0 Å². The molecule has 1 saturated heterocycles. The van der Waals surface area contributed by atoms with Gasteiger partial charge in [0.25, 0.3) is 6.43 Å². The number of rotatable bonds is 7. The molecule has 5 nitrogen and oxygen atoms in total. The molecule has 0 radical (unpaired) electrons. The van der Waals surface area contributed by atoms with E-state index in [0.717, 1.165) is 30.8 Å². The van der Waals surface area contributed by atoms with Crippen LogP contribution < -0.4 is 5.32 Å². The lowest BCUT2D eigenvalue weighted by Crippen LogP contribution is -2.41. The number of ether oxygens (including phenoxy) is 1. The van der Waals surface area contributed by atoms with Gasteiger partial charge in [-0.2, -0.15) is 0 Å². The Balaban J connectivity index is 2.30. The second-order valence-corrected chi connectivity index (χ2v) is 4.21. The van der Waals surface area contributed by atoms with Gasteiger partial charge in [-0.05, 0) is 25.9 Å². The summed E-state index contributed by atoms with van der Waals surface area (Å²) in [5.74, 6) is -0.497. The van der Waals surface area contributed by atoms with Crippen LogP contribution in [-0.4, -0.2) is 67.8 Å². The van der Waals surface area contributed by atoms with Crippen LogP contribution in [0.4, 0.5) is 8.78 Å². The molecule has 7 heteroatoms. The topological polar surface area (TPSA) is 61.8 Å². The van der Waals surface area contributed by atoms with Gasteiger partial charge in [0.1, 0.15) is 6.61 Å². The molecule has 0 bridgehead atoms. The van der Waals surface area contributed by atoms with Crippen LogP contribution in [0.1, 0.15) is 12.8 Å². The van der Waals surface area contributed by atoms with E-state index in [9.17, 15) is 13.6 Å². The molecule has 0 aliphatic carbocycles. The molecule has 1 aliphatic rings. The minimum Gasteiger partial charge on any atom is -0.395 e. The summed E-state index contributed by atoms with van der Waals surface area (Å²) in [5.41, 5.74) is 0. The number of aliphatic hydroxyl groups excluding tert-OH is 1. The molecule has 0 aromatic rings. The third-order valence-electron chi connectivity index (χ3n) is 2.81. The van der Waals surface area contributed by atoms with Gasteiger partial charge < -0.3 is 20.1 Å². The molecule has 1 heterocycles. The fraction of sp³-hybridized carbons (Fsp3) is 0.909. The normalized spacial score (nSPS) is 17.1. The summed E-state index contributed by atoms with van der Waals surface area (Å²) in [4.78, 5) is 12.6. The number of carbonyl (C=O) groups is 1. The summed E-state index contributed by atoms with van der Waals surface area (Å²) >= 11 is 0. The maximum Gasteiger partial charge on any atom is 0.255 e. The highest BCUT2D eigenvalue weighted by Gasteiger charge is 2.20. The van der Waals surface area contributed by atoms with Crippen LogP contribution in [0, 0.1) is 0 Å². The van der Waals surface area contributed by atoms with Crippen molar-refractivity contribution >= 4 is 5.91 Å². The van der Waals surface area contributed by atoms with Gasteiger partial charge in [0.2, 0.25) is 5.91 Å². The third kappa shape index (κ3) is 5.70. The number of hydrogen-bond donors (Lipinski definition) is 2. The first kappa shape index (κ1) is 15.3. The summed E-state index contributed by atoms with van der Waals surface area (Å²) in [5, 5.41) is 11.9. The van der Waals surface area contributed by atoms with Gasteiger partial charge in [-0.25, -0.2) is 8.78 Å². The Bertz CT molecular complexity index is 248. The highest BCUT2D eigenvalue weighted by atomic mass is 19.3. The predicted molar refractivity (Wildman–Crippen MR) is 61.5 cm³/mol. The van der Waals surface area contributed by atoms with Crippen molar-refractivity contribution in [3.05, 3.63) is 0 Å². The van der Waals surface area contributed by atoms with Crippen LogP contribution in [0.2, 0.25) is 0 Å². The summed E-state index contributed by atoms with van der Waals surface area (Å²) < 4.78 is 29.9. The summed E-state index contributed by atoms with van der Waals surface area (Å²) in [6.07, 6.45) is -0.943. The summed E-state index contributed by atoms with van der Waals surface area (Å²) in [7, 11) is 0. The number of piperidine rings is 1. The lowest BCUT2D eigenvalue weighted by molar-refractivity contribution is -0.141. The lowest BCUT2D eigenvalue weighted by atomic mass is 10.1. The van der Waals surface area contributed by atoms with Gasteiger partial charge >= 0.3 is 0 Å². The van der Waals surface area contributed by atoms with Crippen molar-refractivity contribution in [2.75, 3.05) is 39.4 Å². The number of alkyl halides is 2. The molecule has 1 amide bonds. The molecule has 0 aromatic carbocycles. The smallest absolute Gasteiger partial charge is 0.255 e. The van der Waals surface area contributed by atoms with E-state index in [1.807, 2.05) is 0 Å². The van der Waals surface area contributed by atoms with E-state index in [1.165, 1.54) is 0 Å². The van der Waals surface area contributed by atoms with E-state index in [-0.39, 0.29) is 25.9 Å². The van der Waals surface area contributed by atoms with Crippen LogP contribution in [0.25, 0.3) is 0 Å². The molecule has 18 heavy (non-hydrogen) atoms. The Hall–Kier alpha value is -0.790. The molecule has 1 aliphatic heterocycles. The number of halogens is 2. The van der Waals surface area contributed by atoms with Gasteiger partial charge in [-0.3, -0.25) is 4.79 Å². The SMILES string of the molecule is O=C(COC1CCNCC1)N(CCO)CC(F)F. The van der Waals surface area contributed by atoms with Crippen LogP contribution in [-0.2, 0) is 9.53 Å². The van der Waals surface area contributed by atoms with E-state index in [1.54, 1.807) is 0 Å². The zero-order chi connectivity index (χ0) is 13.4. The molecule has 1 fully saturated rings. The predicted octanol–water partition coefficient (Wildman–Crippen LogP) is -0.159. The summed E-state index contributed by atoms with van der Waals surface area (Å²) in [6, 6.07) is 0. The molecule has 106 valence electrons. The van der Waals surface area contributed by atoms with Crippen molar-refractivity contribution in [2.24, 2.45) is 0 Å². The van der Waals surface area contributed by atoms with Crippen LogP contribution in [0.5, 0.6) is 0 Å². The fourth-order valence-electron chi connectivity index (χ4n) is 1.85. The Morgan fingerprint density at radius 2 is 2.11 bits per heavy atom. The Morgan fingerprint density at radius 3 is 2.67 bits per heavy atom. The molecule has 0 unspecified atom stereocenters. The van der Waals surface area contributed by atoms with Crippen LogP contribution in [0.15, 0.2) is 0 Å². The second kappa shape index (κ2) is 8.34. The minimum absolute atomic E-state index is 0.0118. The largest absolute Gasteiger partial charge is 0.395 e. The Morgan fingerprint density at radius 1 is 1.44 bits per heavy atom. The molecule has 0 spiro atoms. The molecular weight excluding hydrogens is 246 g/mol. The molecule has 0 saturated carbocycles. The van der Waals surface area contributed by atoms with Gasteiger partial charge in [0, 0.05) is 6.54 Å². The number of hydrogen-bond acceptors (Lipinski definition) is 4. The van der Waals surface area contributed by atoms with Crippen molar-refractivity contribution in [2.45, 2.75) is 25.4 Å². The Kier molecular flexibility index (Phi) is 7.07. The highest BCUT2D eigenvalue weighted by molar-refractivity contribution is 5.77. The highest BCUT2D eigenvalue weighted by Crippen LogP contribution is 2.08. The Labute approximate surface area is 105 Å². The van der Waals surface area contributed by atoms with Crippen molar-refractivity contribution < 1.29 is 23.4 Å². The van der Waals surface area contributed by atoms with Gasteiger partial charge in [-0.15, -0.1) is 0 Å². The van der Waals surface area contributed by atoms with Crippen molar-refractivity contribution in [1.29, 1.82) is 0 Å². The number of amides is 1. The van der Waals surface area contributed by atoms with E-state index >= 15 is 0 Å². The number of nitrogens with zero attached hydrogens (tertiary/aromatic N) is 1. The fourth-order valence-corrected chi connectivity index (χ4v) is 1.85. The molecule has 1 rings (SSSR count). The van der Waals surface area contributed by atoms with Crippen molar-refractivity contribution in [3.8, 4) is 0 Å². The van der Waals surface area contributed by atoms with Crippen LogP contribution in [0.3, 0.4) is 0 Å². The van der Waals surface area contributed by atoms with E-state index in [0.29, 0.717) is 0 Å². The number of carbonyl (C=O) groups excluding carboxylic acids is 1. The first-order valence-corrected chi connectivity index (χ1v) is 6.12. The zero-order valence-corrected chi connectivity index (χ0v) is 10.3. The number of nitrogens with one attached hydrogen (secondary N) is 1. The van der Waals surface area contributed by atoms with Gasteiger partial charge in [0.15, 0.2) is 0 Å². The van der Waals surface area contributed by atoms with E-state index in [2.05, 4.69) is 5.32 Å². The van der Waals surface area contributed by atoms with Crippen molar-refractivity contribution in [3.63, 3.8) is 0 Å².